The Labute approximate surface area is 126 Å². The second kappa shape index (κ2) is 6.19. The summed E-state index contributed by atoms with van der Waals surface area (Å²) in [6, 6.07) is 16.9. The van der Waals surface area contributed by atoms with E-state index >= 15 is 0 Å². The number of hydrogen-bond donors (Lipinski definition) is 1. The van der Waals surface area contributed by atoms with Gasteiger partial charge in [-0.2, -0.15) is 0 Å². The highest BCUT2D eigenvalue weighted by Crippen LogP contribution is 2.36. The Balaban J connectivity index is 2.03. The monoisotopic (exact) mass is 282 g/mol. The first-order valence-electron chi connectivity index (χ1n) is 7.55. The number of nitrogens with zero attached hydrogens (tertiary/aromatic N) is 1. The highest BCUT2D eigenvalue weighted by Gasteiger charge is 2.24. The van der Waals surface area contributed by atoms with Crippen LogP contribution in [0.2, 0.25) is 0 Å². The van der Waals surface area contributed by atoms with Crippen molar-refractivity contribution in [3.8, 4) is 5.75 Å². The molecule has 0 fully saturated rings. The van der Waals surface area contributed by atoms with Crippen molar-refractivity contribution in [1.82, 2.24) is 0 Å². The van der Waals surface area contributed by atoms with E-state index in [0.29, 0.717) is 6.54 Å². The summed E-state index contributed by atoms with van der Waals surface area (Å²) in [5.74, 6) is 0.960. The van der Waals surface area contributed by atoms with E-state index in [9.17, 15) is 0 Å². The topological polar surface area (TPSA) is 38.5 Å². The molecular formula is C18H22N2O. The smallest absolute Gasteiger partial charge is 0.142 e. The molecule has 1 heterocycles. The van der Waals surface area contributed by atoms with Crippen molar-refractivity contribution in [2.45, 2.75) is 19.4 Å². The molecule has 1 aliphatic heterocycles. The van der Waals surface area contributed by atoms with Crippen LogP contribution in [0.5, 0.6) is 5.75 Å². The predicted octanol–water partition coefficient (Wildman–Crippen LogP) is 3.28. The van der Waals surface area contributed by atoms with Crippen molar-refractivity contribution >= 4 is 5.69 Å². The van der Waals surface area contributed by atoms with Gasteiger partial charge in [-0.3, -0.25) is 0 Å². The summed E-state index contributed by atoms with van der Waals surface area (Å²) in [4.78, 5) is 2.39. The van der Waals surface area contributed by atoms with Crippen LogP contribution in [0.4, 0.5) is 5.69 Å². The van der Waals surface area contributed by atoms with Gasteiger partial charge in [0.15, 0.2) is 0 Å². The average Bonchev–Trinajstić information content (AvgIpc) is 2.73. The maximum Gasteiger partial charge on any atom is 0.142 e. The summed E-state index contributed by atoms with van der Waals surface area (Å²) in [5, 5.41) is 0. The van der Waals surface area contributed by atoms with E-state index in [4.69, 9.17) is 10.5 Å². The van der Waals surface area contributed by atoms with E-state index in [2.05, 4.69) is 48.2 Å². The first kappa shape index (κ1) is 14.0. The molecule has 2 aromatic carbocycles. The van der Waals surface area contributed by atoms with E-state index < -0.39 is 0 Å². The van der Waals surface area contributed by atoms with Crippen molar-refractivity contribution in [2.75, 3.05) is 24.6 Å². The lowest BCUT2D eigenvalue weighted by Crippen LogP contribution is -2.34. The third-order valence-corrected chi connectivity index (χ3v) is 4.12. The normalized spacial score (nSPS) is 15.8. The molecule has 0 saturated carbocycles. The lowest BCUT2D eigenvalue weighted by atomic mass is 9.99. The standard InChI is InChI=1S/C18H22N2O/c1-14-7-2-3-8-15(14)17(13-19)20-11-6-12-21-18-10-5-4-9-16(18)20/h2-5,7-10,17H,6,11-13,19H2,1H3. The molecule has 1 atom stereocenters. The molecule has 3 rings (SSSR count). The first-order valence-corrected chi connectivity index (χ1v) is 7.55. The Kier molecular flexibility index (Phi) is 4.11. The van der Waals surface area contributed by atoms with Gasteiger partial charge in [-0.15, -0.1) is 0 Å². The molecule has 3 nitrogen and oxygen atoms in total. The second-order valence-electron chi connectivity index (χ2n) is 5.47. The number of anilines is 1. The Morgan fingerprint density at radius 1 is 1.14 bits per heavy atom. The highest BCUT2D eigenvalue weighted by molar-refractivity contribution is 5.60. The molecule has 1 aliphatic rings. The van der Waals surface area contributed by atoms with E-state index in [-0.39, 0.29) is 6.04 Å². The van der Waals surface area contributed by atoms with Crippen LogP contribution in [0.3, 0.4) is 0 Å². The zero-order chi connectivity index (χ0) is 14.7. The third kappa shape index (κ3) is 2.74. The van der Waals surface area contributed by atoms with Crippen LogP contribution in [0.15, 0.2) is 48.5 Å². The number of aryl methyl sites for hydroxylation is 1. The van der Waals surface area contributed by atoms with Gasteiger partial charge < -0.3 is 15.4 Å². The molecule has 0 bridgehead atoms. The number of benzene rings is 2. The SMILES string of the molecule is Cc1ccccc1C(CN)N1CCCOc2ccccc21. The average molecular weight is 282 g/mol. The molecule has 2 aromatic rings. The zero-order valence-corrected chi connectivity index (χ0v) is 12.5. The fraction of sp³-hybridized carbons (Fsp3) is 0.333. The molecule has 0 aliphatic carbocycles. The fourth-order valence-corrected chi connectivity index (χ4v) is 3.06. The number of para-hydroxylation sites is 2. The number of rotatable bonds is 3. The van der Waals surface area contributed by atoms with Crippen molar-refractivity contribution in [3.05, 3.63) is 59.7 Å². The molecular weight excluding hydrogens is 260 g/mol. The Morgan fingerprint density at radius 3 is 2.71 bits per heavy atom. The van der Waals surface area contributed by atoms with Crippen LogP contribution in [-0.4, -0.2) is 19.7 Å². The maximum atomic E-state index is 6.13. The van der Waals surface area contributed by atoms with Crippen LogP contribution in [0.1, 0.15) is 23.6 Å². The highest BCUT2D eigenvalue weighted by atomic mass is 16.5. The second-order valence-corrected chi connectivity index (χ2v) is 5.47. The van der Waals surface area contributed by atoms with Crippen LogP contribution in [0, 0.1) is 6.92 Å². The summed E-state index contributed by atoms with van der Waals surface area (Å²) in [5.41, 5.74) is 9.87. The van der Waals surface area contributed by atoms with Gasteiger partial charge in [0.25, 0.3) is 0 Å². The maximum absolute atomic E-state index is 6.13. The Hall–Kier alpha value is -2.00. The van der Waals surface area contributed by atoms with Crippen molar-refractivity contribution in [2.24, 2.45) is 5.73 Å². The van der Waals surface area contributed by atoms with Gasteiger partial charge in [-0.25, -0.2) is 0 Å². The Morgan fingerprint density at radius 2 is 1.90 bits per heavy atom. The minimum absolute atomic E-state index is 0.189. The zero-order valence-electron chi connectivity index (χ0n) is 12.5. The largest absolute Gasteiger partial charge is 0.491 e. The minimum Gasteiger partial charge on any atom is -0.491 e. The minimum atomic E-state index is 0.189. The van der Waals surface area contributed by atoms with Crippen LogP contribution >= 0.6 is 0 Å². The van der Waals surface area contributed by atoms with Gasteiger partial charge in [-0.05, 0) is 36.6 Å². The van der Waals surface area contributed by atoms with Gasteiger partial charge in [0.1, 0.15) is 5.75 Å². The molecule has 0 spiro atoms. The van der Waals surface area contributed by atoms with Crippen LogP contribution < -0.4 is 15.4 Å². The van der Waals surface area contributed by atoms with Gasteiger partial charge in [0.2, 0.25) is 0 Å². The van der Waals surface area contributed by atoms with Gasteiger partial charge in [-0.1, -0.05) is 36.4 Å². The Bertz CT molecular complexity index is 612. The van der Waals surface area contributed by atoms with Crippen LogP contribution in [0.25, 0.3) is 0 Å². The quantitative estimate of drug-likeness (QED) is 0.939. The van der Waals surface area contributed by atoms with E-state index in [0.717, 1.165) is 31.0 Å². The number of ether oxygens (including phenoxy) is 1. The van der Waals surface area contributed by atoms with Crippen molar-refractivity contribution in [3.63, 3.8) is 0 Å². The summed E-state index contributed by atoms with van der Waals surface area (Å²) < 4.78 is 5.86. The van der Waals surface area contributed by atoms with Gasteiger partial charge in [0, 0.05) is 13.1 Å². The molecule has 3 heteroatoms. The molecule has 110 valence electrons. The lowest BCUT2D eigenvalue weighted by molar-refractivity contribution is 0.322. The number of hydrogen-bond acceptors (Lipinski definition) is 3. The summed E-state index contributed by atoms with van der Waals surface area (Å²) in [7, 11) is 0. The molecule has 0 amide bonds. The van der Waals surface area contributed by atoms with Crippen LogP contribution in [-0.2, 0) is 0 Å². The number of fused-ring (bicyclic) bond motifs is 1. The fourth-order valence-electron chi connectivity index (χ4n) is 3.06. The summed E-state index contributed by atoms with van der Waals surface area (Å²) in [6.45, 7) is 4.48. The molecule has 0 aromatic heterocycles. The molecule has 0 saturated heterocycles. The first-order chi connectivity index (χ1) is 10.3. The van der Waals surface area contributed by atoms with Crippen molar-refractivity contribution < 1.29 is 4.74 Å². The summed E-state index contributed by atoms with van der Waals surface area (Å²) >= 11 is 0. The third-order valence-electron chi connectivity index (χ3n) is 4.12. The molecule has 0 radical (unpaired) electrons. The molecule has 1 unspecified atom stereocenters. The van der Waals surface area contributed by atoms with E-state index in [1.165, 1.54) is 11.1 Å². The predicted molar refractivity (Wildman–Crippen MR) is 86.9 cm³/mol. The van der Waals surface area contributed by atoms with E-state index in [1.807, 2.05) is 12.1 Å². The number of nitrogens with two attached hydrogens (primary N) is 1. The molecule has 21 heavy (non-hydrogen) atoms. The summed E-state index contributed by atoms with van der Waals surface area (Å²) in [6.07, 6.45) is 1.01. The van der Waals surface area contributed by atoms with Gasteiger partial charge >= 0.3 is 0 Å². The van der Waals surface area contributed by atoms with Gasteiger partial charge in [0.05, 0.1) is 18.3 Å². The van der Waals surface area contributed by atoms with Crippen molar-refractivity contribution in [1.29, 1.82) is 0 Å². The van der Waals surface area contributed by atoms with E-state index in [1.54, 1.807) is 0 Å². The lowest BCUT2D eigenvalue weighted by Gasteiger charge is -2.33. The molecule has 2 N–H and O–H groups in total.